The number of nitrogens with one attached hydrogen (secondary N) is 1. The van der Waals surface area contributed by atoms with E-state index < -0.39 is 0 Å². The van der Waals surface area contributed by atoms with Gasteiger partial charge in [-0.3, -0.25) is 5.10 Å². The molecule has 0 aliphatic heterocycles. The van der Waals surface area contributed by atoms with E-state index in [4.69, 9.17) is 11.5 Å². The average Bonchev–Trinajstić information content (AvgIpc) is 2.57. The first-order chi connectivity index (χ1) is 6.66. The summed E-state index contributed by atoms with van der Waals surface area (Å²) in [6.45, 7) is 1.94. The van der Waals surface area contributed by atoms with Gasteiger partial charge in [0, 0.05) is 11.3 Å². The van der Waals surface area contributed by atoms with Crippen LogP contribution in [0.3, 0.4) is 0 Å². The fraction of sp³-hybridized carbons (Fsp3) is 0.111. The van der Waals surface area contributed by atoms with Crippen LogP contribution in [0.1, 0.15) is 5.56 Å². The summed E-state index contributed by atoms with van der Waals surface area (Å²) in [7, 11) is 0. The summed E-state index contributed by atoms with van der Waals surface area (Å²) in [6, 6.07) is 5.65. The van der Waals surface area contributed by atoms with E-state index in [-0.39, 0.29) is 5.95 Å². The van der Waals surface area contributed by atoms with Gasteiger partial charge in [-0.1, -0.05) is 0 Å². The summed E-state index contributed by atoms with van der Waals surface area (Å²) in [6.07, 6.45) is 0. The molecule has 5 N–H and O–H groups in total. The molecule has 1 heterocycles. The monoisotopic (exact) mass is 189 g/mol. The normalized spacial score (nSPS) is 10.4. The van der Waals surface area contributed by atoms with Crippen molar-refractivity contribution in [3.05, 3.63) is 23.8 Å². The fourth-order valence-electron chi connectivity index (χ4n) is 1.23. The van der Waals surface area contributed by atoms with Gasteiger partial charge >= 0.3 is 0 Å². The van der Waals surface area contributed by atoms with Crippen LogP contribution in [-0.2, 0) is 0 Å². The number of rotatable bonds is 1. The maximum absolute atomic E-state index is 5.70. The van der Waals surface area contributed by atoms with Gasteiger partial charge in [0.2, 0.25) is 5.95 Å². The summed E-state index contributed by atoms with van der Waals surface area (Å²) in [4.78, 5) is 4.02. The number of aromatic amines is 1. The molecule has 0 aliphatic carbocycles. The second kappa shape index (κ2) is 3.02. The van der Waals surface area contributed by atoms with E-state index in [0.717, 1.165) is 16.8 Å². The lowest BCUT2D eigenvalue weighted by Gasteiger charge is -2.01. The second-order valence-electron chi connectivity index (χ2n) is 3.11. The predicted molar refractivity (Wildman–Crippen MR) is 55.4 cm³/mol. The molecule has 0 amide bonds. The highest BCUT2D eigenvalue weighted by Crippen LogP contribution is 2.20. The van der Waals surface area contributed by atoms with Crippen molar-refractivity contribution in [1.29, 1.82) is 0 Å². The van der Waals surface area contributed by atoms with Crippen LogP contribution in [0.25, 0.3) is 11.4 Å². The van der Waals surface area contributed by atoms with Crippen LogP contribution in [0.4, 0.5) is 11.6 Å². The van der Waals surface area contributed by atoms with Crippen LogP contribution >= 0.6 is 0 Å². The molecule has 0 radical (unpaired) electrons. The molecular formula is C9H11N5. The van der Waals surface area contributed by atoms with E-state index in [1.165, 1.54) is 0 Å². The lowest BCUT2D eigenvalue weighted by atomic mass is 10.1. The van der Waals surface area contributed by atoms with Crippen molar-refractivity contribution in [3.63, 3.8) is 0 Å². The molecule has 5 heteroatoms. The number of aryl methyl sites for hydroxylation is 1. The third-order valence-corrected chi connectivity index (χ3v) is 2.05. The molecule has 0 atom stereocenters. The zero-order valence-electron chi connectivity index (χ0n) is 7.78. The minimum atomic E-state index is 0.245. The highest BCUT2D eigenvalue weighted by Gasteiger charge is 2.04. The molecule has 72 valence electrons. The average molecular weight is 189 g/mol. The number of benzene rings is 1. The van der Waals surface area contributed by atoms with Crippen molar-refractivity contribution in [2.45, 2.75) is 6.92 Å². The summed E-state index contributed by atoms with van der Waals surface area (Å²) in [5.41, 5.74) is 13.8. The van der Waals surface area contributed by atoms with Crippen molar-refractivity contribution in [1.82, 2.24) is 15.2 Å². The number of aromatic nitrogens is 3. The Hall–Kier alpha value is -2.04. The van der Waals surface area contributed by atoms with Crippen molar-refractivity contribution in [2.24, 2.45) is 0 Å². The van der Waals surface area contributed by atoms with E-state index in [0.29, 0.717) is 5.82 Å². The van der Waals surface area contributed by atoms with Gasteiger partial charge < -0.3 is 11.5 Å². The minimum absolute atomic E-state index is 0.245. The molecule has 5 nitrogen and oxygen atoms in total. The Balaban J connectivity index is 2.47. The fourth-order valence-corrected chi connectivity index (χ4v) is 1.23. The maximum atomic E-state index is 5.70. The first kappa shape index (κ1) is 8.55. The Morgan fingerprint density at radius 2 is 2.07 bits per heavy atom. The third kappa shape index (κ3) is 1.39. The van der Waals surface area contributed by atoms with Gasteiger partial charge in [-0.05, 0) is 30.7 Å². The molecule has 0 unspecified atom stereocenters. The molecule has 0 bridgehead atoms. The van der Waals surface area contributed by atoms with Crippen LogP contribution in [-0.4, -0.2) is 15.2 Å². The number of nitrogens with two attached hydrogens (primary N) is 2. The standard InChI is InChI=1S/C9H11N5/c1-5-4-6(2-3-7(5)10)8-12-9(11)14-13-8/h2-4H,10H2,1H3,(H3,11,12,13,14). The summed E-state index contributed by atoms with van der Waals surface area (Å²) < 4.78 is 0. The van der Waals surface area contributed by atoms with E-state index in [9.17, 15) is 0 Å². The molecule has 0 saturated carbocycles. The molecule has 1 aromatic heterocycles. The van der Waals surface area contributed by atoms with Gasteiger partial charge in [-0.2, -0.15) is 4.98 Å². The number of anilines is 2. The largest absolute Gasteiger partial charge is 0.399 e. The lowest BCUT2D eigenvalue weighted by Crippen LogP contribution is -1.90. The zero-order valence-corrected chi connectivity index (χ0v) is 7.78. The SMILES string of the molecule is Cc1cc(-c2nc(N)n[nH]2)ccc1N. The molecule has 0 fully saturated rings. The molecular weight excluding hydrogens is 178 g/mol. The molecule has 0 spiro atoms. The smallest absolute Gasteiger partial charge is 0.239 e. The predicted octanol–water partition coefficient (Wildman–Crippen LogP) is 0.945. The van der Waals surface area contributed by atoms with Gasteiger partial charge in [0.15, 0.2) is 5.82 Å². The Morgan fingerprint density at radius 1 is 1.29 bits per heavy atom. The Morgan fingerprint density at radius 3 is 2.64 bits per heavy atom. The zero-order chi connectivity index (χ0) is 10.1. The number of nitrogen functional groups attached to an aromatic ring is 2. The Kier molecular flexibility index (Phi) is 1.85. The van der Waals surface area contributed by atoms with Crippen molar-refractivity contribution in [3.8, 4) is 11.4 Å². The maximum Gasteiger partial charge on any atom is 0.239 e. The molecule has 1 aromatic carbocycles. The molecule has 0 saturated heterocycles. The van der Waals surface area contributed by atoms with Gasteiger partial charge in [0.25, 0.3) is 0 Å². The van der Waals surface area contributed by atoms with E-state index in [1.807, 2.05) is 25.1 Å². The number of nitrogens with zero attached hydrogens (tertiary/aromatic N) is 2. The number of H-pyrrole nitrogens is 1. The van der Waals surface area contributed by atoms with Gasteiger partial charge in [-0.15, -0.1) is 5.10 Å². The van der Waals surface area contributed by atoms with E-state index in [1.54, 1.807) is 0 Å². The lowest BCUT2D eigenvalue weighted by molar-refractivity contribution is 1.10. The Bertz CT molecular complexity index is 460. The van der Waals surface area contributed by atoms with Crippen LogP contribution in [0, 0.1) is 6.92 Å². The highest BCUT2D eigenvalue weighted by molar-refractivity contribution is 5.62. The van der Waals surface area contributed by atoms with Crippen molar-refractivity contribution < 1.29 is 0 Å². The quantitative estimate of drug-likeness (QED) is 0.582. The van der Waals surface area contributed by atoms with Gasteiger partial charge in [0.1, 0.15) is 0 Å². The topological polar surface area (TPSA) is 93.6 Å². The van der Waals surface area contributed by atoms with Crippen LogP contribution in [0.2, 0.25) is 0 Å². The number of hydrogen-bond donors (Lipinski definition) is 3. The van der Waals surface area contributed by atoms with Crippen molar-refractivity contribution >= 4 is 11.6 Å². The second-order valence-corrected chi connectivity index (χ2v) is 3.11. The van der Waals surface area contributed by atoms with Crippen LogP contribution < -0.4 is 11.5 Å². The first-order valence-electron chi connectivity index (χ1n) is 4.21. The first-order valence-corrected chi connectivity index (χ1v) is 4.21. The third-order valence-electron chi connectivity index (χ3n) is 2.05. The summed E-state index contributed by atoms with van der Waals surface area (Å²) in [5, 5.41) is 6.50. The van der Waals surface area contributed by atoms with Gasteiger partial charge in [0.05, 0.1) is 0 Å². The van der Waals surface area contributed by atoms with Crippen LogP contribution in [0.5, 0.6) is 0 Å². The van der Waals surface area contributed by atoms with E-state index in [2.05, 4.69) is 15.2 Å². The molecule has 14 heavy (non-hydrogen) atoms. The van der Waals surface area contributed by atoms with Crippen LogP contribution in [0.15, 0.2) is 18.2 Å². The van der Waals surface area contributed by atoms with Gasteiger partial charge in [-0.25, -0.2) is 0 Å². The Labute approximate surface area is 81.2 Å². The number of hydrogen-bond acceptors (Lipinski definition) is 4. The van der Waals surface area contributed by atoms with E-state index >= 15 is 0 Å². The molecule has 2 rings (SSSR count). The molecule has 2 aromatic rings. The molecule has 0 aliphatic rings. The summed E-state index contributed by atoms with van der Waals surface area (Å²) >= 11 is 0. The highest BCUT2D eigenvalue weighted by atomic mass is 15.3. The summed E-state index contributed by atoms with van der Waals surface area (Å²) in [5.74, 6) is 0.903. The van der Waals surface area contributed by atoms with Crippen molar-refractivity contribution in [2.75, 3.05) is 11.5 Å². The minimum Gasteiger partial charge on any atom is -0.399 e.